The van der Waals surface area contributed by atoms with Crippen LogP contribution in [0.4, 0.5) is 14.5 Å². The molecule has 0 unspecified atom stereocenters. The number of thioether (sulfide) groups is 1. The van der Waals surface area contributed by atoms with E-state index in [9.17, 15) is 13.6 Å². The van der Waals surface area contributed by atoms with Gasteiger partial charge in [0.25, 0.3) is 0 Å². The number of rotatable bonds is 9. The Morgan fingerprint density at radius 1 is 1.03 bits per heavy atom. The van der Waals surface area contributed by atoms with Gasteiger partial charge in [0.15, 0.2) is 11.6 Å². The van der Waals surface area contributed by atoms with Crippen LogP contribution in [0.3, 0.4) is 0 Å². The topological polar surface area (TPSA) is 35.6 Å². The molecular weight excluding hydrogens is 404 g/mol. The van der Waals surface area contributed by atoms with E-state index in [0.717, 1.165) is 57.7 Å². The predicted octanol–water partition coefficient (Wildman–Crippen LogP) is 4.08. The van der Waals surface area contributed by atoms with Gasteiger partial charge in [0.1, 0.15) is 0 Å². The predicted molar refractivity (Wildman–Crippen MR) is 119 cm³/mol. The Balaban J connectivity index is 1.25. The van der Waals surface area contributed by atoms with Crippen molar-refractivity contribution in [1.82, 2.24) is 10.2 Å². The van der Waals surface area contributed by atoms with Gasteiger partial charge < -0.3 is 10.2 Å². The molecule has 0 bridgehead atoms. The fourth-order valence-electron chi connectivity index (χ4n) is 3.51. The van der Waals surface area contributed by atoms with Crippen molar-refractivity contribution in [1.29, 1.82) is 0 Å². The third kappa shape index (κ3) is 6.99. The van der Waals surface area contributed by atoms with Gasteiger partial charge in [0, 0.05) is 43.3 Å². The number of hydrogen-bond donors (Lipinski definition) is 1. The highest BCUT2D eigenvalue weighted by Crippen LogP contribution is 2.20. The second-order valence-electron chi connectivity index (χ2n) is 7.59. The standard InChI is InChI=1S/C23H29F2N3OS/c1-18-5-4-6-19(15-18)28-13-11-27(12-14-28)10-3-2-9-26-23(29)17-30-20-7-8-21(24)22(25)16-20/h4-8,15-16H,2-3,9-14,17H2,1H3,(H,26,29). The maximum absolute atomic E-state index is 13.2. The van der Waals surface area contributed by atoms with Gasteiger partial charge in [-0.1, -0.05) is 12.1 Å². The summed E-state index contributed by atoms with van der Waals surface area (Å²) in [7, 11) is 0. The Hall–Kier alpha value is -2.12. The van der Waals surface area contributed by atoms with Crippen molar-refractivity contribution in [3.63, 3.8) is 0 Å². The lowest BCUT2D eigenvalue weighted by Crippen LogP contribution is -2.46. The molecule has 0 saturated carbocycles. The van der Waals surface area contributed by atoms with E-state index in [1.165, 1.54) is 29.1 Å². The first kappa shape index (κ1) is 22.6. The van der Waals surface area contributed by atoms with Crippen LogP contribution in [0.2, 0.25) is 0 Å². The number of amides is 1. The second kappa shape index (κ2) is 11.3. The summed E-state index contributed by atoms with van der Waals surface area (Å²) in [5.74, 6) is -1.65. The maximum Gasteiger partial charge on any atom is 0.230 e. The van der Waals surface area contributed by atoms with Gasteiger partial charge in [0.05, 0.1) is 5.75 Å². The van der Waals surface area contributed by atoms with E-state index in [2.05, 4.69) is 46.3 Å². The van der Waals surface area contributed by atoms with Gasteiger partial charge >= 0.3 is 0 Å². The second-order valence-corrected chi connectivity index (χ2v) is 8.64. The molecule has 4 nitrogen and oxygen atoms in total. The quantitative estimate of drug-likeness (QED) is 0.477. The van der Waals surface area contributed by atoms with Crippen LogP contribution < -0.4 is 10.2 Å². The van der Waals surface area contributed by atoms with E-state index < -0.39 is 11.6 Å². The highest BCUT2D eigenvalue weighted by molar-refractivity contribution is 8.00. The third-order valence-corrected chi connectivity index (χ3v) is 6.22. The highest BCUT2D eigenvalue weighted by atomic mass is 32.2. The van der Waals surface area contributed by atoms with Crippen molar-refractivity contribution in [2.75, 3.05) is 49.9 Å². The minimum atomic E-state index is -0.889. The average Bonchev–Trinajstić information content (AvgIpc) is 2.75. The van der Waals surface area contributed by atoms with Crippen molar-refractivity contribution in [2.24, 2.45) is 0 Å². The molecule has 1 aliphatic rings. The average molecular weight is 434 g/mol. The summed E-state index contributed by atoms with van der Waals surface area (Å²) in [6, 6.07) is 12.3. The summed E-state index contributed by atoms with van der Waals surface area (Å²) >= 11 is 1.21. The van der Waals surface area contributed by atoms with Crippen molar-refractivity contribution < 1.29 is 13.6 Å². The molecular formula is C23H29F2N3OS. The lowest BCUT2D eigenvalue weighted by Gasteiger charge is -2.36. The van der Waals surface area contributed by atoms with Gasteiger partial charge in [-0.2, -0.15) is 0 Å². The first-order valence-corrected chi connectivity index (χ1v) is 11.4. The zero-order valence-corrected chi connectivity index (χ0v) is 18.2. The van der Waals surface area contributed by atoms with Crippen LogP contribution in [-0.2, 0) is 4.79 Å². The molecule has 2 aromatic rings. The van der Waals surface area contributed by atoms with Crippen LogP contribution in [0.25, 0.3) is 0 Å². The molecule has 0 radical (unpaired) electrons. The van der Waals surface area contributed by atoms with Crippen LogP contribution in [0.15, 0.2) is 47.4 Å². The zero-order valence-electron chi connectivity index (χ0n) is 17.4. The van der Waals surface area contributed by atoms with Gasteiger partial charge in [0.2, 0.25) is 5.91 Å². The Kier molecular flexibility index (Phi) is 8.51. The molecule has 3 rings (SSSR count). The van der Waals surface area contributed by atoms with Crippen LogP contribution in [-0.4, -0.2) is 55.8 Å². The van der Waals surface area contributed by atoms with Crippen molar-refractivity contribution in [3.05, 3.63) is 59.7 Å². The van der Waals surface area contributed by atoms with E-state index in [1.54, 1.807) is 0 Å². The third-order valence-electron chi connectivity index (χ3n) is 5.22. The molecule has 0 aromatic heterocycles. The number of anilines is 1. The molecule has 30 heavy (non-hydrogen) atoms. The molecule has 1 amide bonds. The lowest BCUT2D eigenvalue weighted by atomic mass is 10.2. The van der Waals surface area contributed by atoms with Gasteiger partial charge in [-0.25, -0.2) is 8.78 Å². The van der Waals surface area contributed by atoms with E-state index >= 15 is 0 Å². The summed E-state index contributed by atoms with van der Waals surface area (Å²) in [5, 5.41) is 2.90. The van der Waals surface area contributed by atoms with E-state index in [1.807, 2.05) is 0 Å². The van der Waals surface area contributed by atoms with Crippen LogP contribution in [0, 0.1) is 18.6 Å². The molecule has 1 saturated heterocycles. The summed E-state index contributed by atoms with van der Waals surface area (Å²) in [5.41, 5.74) is 2.60. The number of aryl methyl sites for hydroxylation is 1. The normalized spacial score (nSPS) is 14.7. The first-order chi connectivity index (χ1) is 14.5. The monoisotopic (exact) mass is 433 g/mol. The molecule has 0 atom stereocenters. The molecule has 0 aliphatic carbocycles. The number of benzene rings is 2. The Morgan fingerprint density at radius 2 is 1.83 bits per heavy atom. The number of carbonyl (C=O) groups excluding carboxylic acids is 1. The van der Waals surface area contributed by atoms with E-state index in [0.29, 0.717) is 11.4 Å². The molecule has 162 valence electrons. The van der Waals surface area contributed by atoms with Crippen LogP contribution in [0.5, 0.6) is 0 Å². The lowest BCUT2D eigenvalue weighted by molar-refractivity contribution is -0.118. The minimum Gasteiger partial charge on any atom is -0.369 e. The zero-order chi connectivity index (χ0) is 21.3. The number of nitrogens with one attached hydrogen (secondary N) is 1. The van der Waals surface area contributed by atoms with Crippen LogP contribution in [0.1, 0.15) is 18.4 Å². The Labute approximate surface area is 181 Å². The maximum atomic E-state index is 13.2. The number of carbonyl (C=O) groups is 1. The number of nitrogens with zero attached hydrogens (tertiary/aromatic N) is 2. The summed E-state index contributed by atoms with van der Waals surface area (Å²) < 4.78 is 26.1. The molecule has 1 heterocycles. The SMILES string of the molecule is Cc1cccc(N2CCN(CCCCNC(=O)CSc3ccc(F)c(F)c3)CC2)c1. The molecule has 1 N–H and O–H groups in total. The summed E-state index contributed by atoms with van der Waals surface area (Å²) in [6.07, 6.45) is 1.97. The fraction of sp³-hybridized carbons (Fsp3) is 0.435. The number of hydrogen-bond acceptors (Lipinski definition) is 4. The van der Waals surface area contributed by atoms with E-state index in [-0.39, 0.29) is 11.7 Å². The van der Waals surface area contributed by atoms with Crippen molar-refractivity contribution in [2.45, 2.75) is 24.7 Å². The van der Waals surface area contributed by atoms with Crippen molar-refractivity contribution in [3.8, 4) is 0 Å². The van der Waals surface area contributed by atoms with Gasteiger partial charge in [-0.15, -0.1) is 11.8 Å². The van der Waals surface area contributed by atoms with Gasteiger partial charge in [-0.3, -0.25) is 9.69 Å². The highest BCUT2D eigenvalue weighted by Gasteiger charge is 2.16. The molecule has 7 heteroatoms. The smallest absolute Gasteiger partial charge is 0.230 e. The summed E-state index contributed by atoms with van der Waals surface area (Å²) in [4.78, 5) is 17.4. The van der Waals surface area contributed by atoms with E-state index in [4.69, 9.17) is 0 Å². The number of piperazine rings is 1. The Morgan fingerprint density at radius 3 is 2.57 bits per heavy atom. The molecule has 0 spiro atoms. The number of halogens is 2. The molecule has 1 fully saturated rings. The minimum absolute atomic E-state index is 0.0866. The Bertz CT molecular complexity index is 841. The summed E-state index contributed by atoms with van der Waals surface area (Å²) in [6.45, 7) is 8.01. The van der Waals surface area contributed by atoms with Crippen LogP contribution >= 0.6 is 11.8 Å². The van der Waals surface area contributed by atoms with Crippen molar-refractivity contribution >= 4 is 23.4 Å². The first-order valence-electron chi connectivity index (χ1n) is 10.4. The molecule has 1 aliphatic heterocycles. The number of unbranched alkanes of at least 4 members (excludes halogenated alkanes) is 1. The molecule has 2 aromatic carbocycles. The van der Waals surface area contributed by atoms with Gasteiger partial charge in [-0.05, 0) is 62.2 Å². The largest absolute Gasteiger partial charge is 0.369 e. The fourth-order valence-corrected chi connectivity index (χ4v) is 4.26.